The molecule has 0 aliphatic heterocycles. The summed E-state index contributed by atoms with van der Waals surface area (Å²) in [6.07, 6.45) is 3.31. The summed E-state index contributed by atoms with van der Waals surface area (Å²) in [4.78, 5) is 11.0. The lowest BCUT2D eigenvalue weighted by molar-refractivity contribution is -0.141. The summed E-state index contributed by atoms with van der Waals surface area (Å²) in [5, 5.41) is 12.2. The fraction of sp³-hybridized carbons (Fsp3) is 0.917. The van der Waals surface area contributed by atoms with E-state index < -0.39 is 12.0 Å². The van der Waals surface area contributed by atoms with Crippen LogP contribution in [-0.4, -0.2) is 36.9 Å². The Hall–Kier alpha value is -0.610. The Bertz CT molecular complexity index is 232. The minimum atomic E-state index is -0.826. The van der Waals surface area contributed by atoms with E-state index in [4.69, 9.17) is 9.84 Å². The maximum Gasteiger partial charge on any atom is 0.323 e. The predicted octanol–water partition coefficient (Wildman–Crippen LogP) is 1.50. The lowest BCUT2D eigenvalue weighted by Gasteiger charge is -2.34. The molecule has 4 nitrogen and oxygen atoms in total. The first-order valence-corrected chi connectivity index (χ1v) is 6.02. The number of carboxylic acids is 1. The van der Waals surface area contributed by atoms with Crippen LogP contribution in [0.1, 0.15) is 33.1 Å². The van der Waals surface area contributed by atoms with Gasteiger partial charge in [-0.25, -0.2) is 0 Å². The number of carboxylic acid groups (broad SMARTS) is 1. The van der Waals surface area contributed by atoms with Crippen LogP contribution in [0.2, 0.25) is 0 Å². The number of hydrogen-bond donors (Lipinski definition) is 2. The van der Waals surface area contributed by atoms with Crippen molar-refractivity contribution in [3.63, 3.8) is 0 Å². The smallest absolute Gasteiger partial charge is 0.323 e. The zero-order chi connectivity index (χ0) is 12.1. The molecule has 0 heterocycles. The molecular formula is C12H23NO3. The van der Waals surface area contributed by atoms with Crippen molar-refractivity contribution in [1.82, 2.24) is 5.32 Å². The van der Waals surface area contributed by atoms with Crippen molar-refractivity contribution in [2.45, 2.75) is 45.2 Å². The van der Waals surface area contributed by atoms with E-state index in [0.717, 1.165) is 18.8 Å². The van der Waals surface area contributed by atoms with Crippen molar-refractivity contribution >= 4 is 5.97 Å². The van der Waals surface area contributed by atoms with Gasteiger partial charge in [-0.15, -0.1) is 0 Å². The predicted molar refractivity (Wildman–Crippen MR) is 62.4 cm³/mol. The largest absolute Gasteiger partial charge is 0.480 e. The summed E-state index contributed by atoms with van der Waals surface area (Å²) in [5.74, 6) is 0.597. The Morgan fingerprint density at radius 1 is 1.44 bits per heavy atom. The highest BCUT2D eigenvalue weighted by Gasteiger charge is 2.28. The maximum atomic E-state index is 11.0. The Kier molecular flexibility index (Phi) is 5.22. The molecule has 1 rings (SSSR count). The lowest BCUT2D eigenvalue weighted by Crippen LogP contribution is -2.48. The number of nitrogens with one attached hydrogen (secondary N) is 1. The first-order chi connectivity index (χ1) is 7.54. The first-order valence-electron chi connectivity index (χ1n) is 6.02. The van der Waals surface area contributed by atoms with Gasteiger partial charge < -0.3 is 9.84 Å². The summed E-state index contributed by atoms with van der Waals surface area (Å²) in [6.45, 7) is 4.74. The minimum Gasteiger partial charge on any atom is -0.480 e. The van der Waals surface area contributed by atoms with Crippen molar-refractivity contribution in [2.75, 3.05) is 13.7 Å². The van der Waals surface area contributed by atoms with E-state index in [9.17, 15) is 4.79 Å². The SMILES string of the molecule is COCC(NC1CCC(C)C(C)C1)C(=O)O. The minimum absolute atomic E-state index is 0.232. The second-order valence-electron chi connectivity index (χ2n) is 4.98. The van der Waals surface area contributed by atoms with Gasteiger partial charge in [0.2, 0.25) is 0 Å². The lowest BCUT2D eigenvalue weighted by atomic mass is 9.79. The molecule has 16 heavy (non-hydrogen) atoms. The summed E-state index contributed by atoms with van der Waals surface area (Å²) >= 11 is 0. The molecule has 2 N–H and O–H groups in total. The summed E-state index contributed by atoms with van der Waals surface area (Å²) in [6, 6.07) is -0.252. The van der Waals surface area contributed by atoms with Gasteiger partial charge in [0.1, 0.15) is 6.04 Å². The molecule has 0 bridgehead atoms. The first kappa shape index (κ1) is 13.5. The van der Waals surface area contributed by atoms with Gasteiger partial charge in [0, 0.05) is 13.2 Å². The molecule has 0 aromatic rings. The van der Waals surface area contributed by atoms with E-state index in [1.54, 1.807) is 0 Å². The second-order valence-corrected chi connectivity index (χ2v) is 4.98. The summed E-state index contributed by atoms with van der Waals surface area (Å²) < 4.78 is 4.91. The van der Waals surface area contributed by atoms with Crippen LogP contribution in [0.3, 0.4) is 0 Å². The molecule has 0 saturated heterocycles. The van der Waals surface area contributed by atoms with Crippen LogP contribution >= 0.6 is 0 Å². The Morgan fingerprint density at radius 3 is 2.62 bits per heavy atom. The molecule has 1 aliphatic carbocycles. The molecule has 0 aromatic carbocycles. The van der Waals surface area contributed by atoms with Crippen LogP contribution in [-0.2, 0) is 9.53 Å². The van der Waals surface area contributed by atoms with Gasteiger partial charge in [-0.1, -0.05) is 13.8 Å². The zero-order valence-corrected chi connectivity index (χ0v) is 10.4. The van der Waals surface area contributed by atoms with Crippen molar-refractivity contribution in [1.29, 1.82) is 0 Å². The van der Waals surface area contributed by atoms with Crippen LogP contribution in [0.15, 0.2) is 0 Å². The molecule has 0 spiro atoms. The monoisotopic (exact) mass is 229 g/mol. The number of rotatable bonds is 5. The standard InChI is InChI=1S/C12H23NO3/c1-8-4-5-10(6-9(8)2)13-11(7-16-3)12(14)15/h8-11,13H,4-7H2,1-3H3,(H,14,15). The van der Waals surface area contributed by atoms with Crippen LogP contribution in [0.4, 0.5) is 0 Å². The van der Waals surface area contributed by atoms with E-state index >= 15 is 0 Å². The van der Waals surface area contributed by atoms with Gasteiger partial charge in [0.15, 0.2) is 0 Å². The van der Waals surface area contributed by atoms with Gasteiger partial charge in [0.05, 0.1) is 6.61 Å². The third-order valence-corrected chi connectivity index (χ3v) is 3.67. The molecular weight excluding hydrogens is 206 g/mol. The number of ether oxygens (including phenoxy) is 1. The summed E-state index contributed by atoms with van der Waals surface area (Å²) in [5.41, 5.74) is 0. The van der Waals surface area contributed by atoms with Crippen molar-refractivity contribution < 1.29 is 14.6 Å². The highest BCUT2D eigenvalue weighted by Crippen LogP contribution is 2.29. The van der Waals surface area contributed by atoms with Crippen LogP contribution < -0.4 is 5.32 Å². The normalized spacial score (nSPS) is 32.3. The number of carbonyl (C=O) groups is 1. The van der Waals surface area contributed by atoms with Gasteiger partial charge in [-0.2, -0.15) is 0 Å². The average molecular weight is 229 g/mol. The molecule has 4 unspecified atom stereocenters. The Morgan fingerprint density at radius 2 is 2.12 bits per heavy atom. The number of aliphatic carboxylic acids is 1. The molecule has 4 atom stereocenters. The molecule has 0 aromatic heterocycles. The van der Waals surface area contributed by atoms with Crippen LogP contribution in [0.25, 0.3) is 0 Å². The van der Waals surface area contributed by atoms with Gasteiger partial charge in [-0.05, 0) is 31.1 Å². The highest BCUT2D eigenvalue weighted by molar-refractivity contribution is 5.73. The van der Waals surface area contributed by atoms with E-state index in [-0.39, 0.29) is 6.61 Å². The number of methoxy groups -OCH3 is 1. The fourth-order valence-corrected chi connectivity index (χ4v) is 2.34. The number of hydrogen-bond acceptors (Lipinski definition) is 3. The fourth-order valence-electron chi connectivity index (χ4n) is 2.34. The highest BCUT2D eigenvalue weighted by atomic mass is 16.5. The molecule has 1 fully saturated rings. The topological polar surface area (TPSA) is 58.6 Å². The van der Waals surface area contributed by atoms with E-state index in [0.29, 0.717) is 12.0 Å². The third kappa shape index (κ3) is 3.76. The van der Waals surface area contributed by atoms with Crippen molar-refractivity contribution in [3.05, 3.63) is 0 Å². The second kappa shape index (κ2) is 6.21. The van der Waals surface area contributed by atoms with Crippen LogP contribution in [0.5, 0.6) is 0 Å². The maximum absolute atomic E-state index is 11.0. The summed E-state index contributed by atoms with van der Waals surface area (Å²) in [7, 11) is 1.53. The zero-order valence-electron chi connectivity index (χ0n) is 10.4. The third-order valence-electron chi connectivity index (χ3n) is 3.67. The molecule has 1 saturated carbocycles. The average Bonchev–Trinajstić information content (AvgIpc) is 2.22. The molecule has 4 heteroatoms. The Balaban J connectivity index is 2.43. The van der Waals surface area contributed by atoms with Gasteiger partial charge in [-0.3, -0.25) is 10.1 Å². The molecule has 0 radical (unpaired) electrons. The van der Waals surface area contributed by atoms with Crippen molar-refractivity contribution in [3.8, 4) is 0 Å². The molecule has 94 valence electrons. The van der Waals surface area contributed by atoms with Crippen molar-refractivity contribution in [2.24, 2.45) is 11.8 Å². The quantitative estimate of drug-likeness (QED) is 0.750. The molecule has 0 amide bonds. The molecule has 1 aliphatic rings. The van der Waals surface area contributed by atoms with Crippen LogP contribution in [0, 0.1) is 11.8 Å². The van der Waals surface area contributed by atoms with E-state index in [2.05, 4.69) is 19.2 Å². The van der Waals surface area contributed by atoms with Gasteiger partial charge >= 0.3 is 5.97 Å². The Labute approximate surface area is 97.4 Å². The van der Waals surface area contributed by atoms with E-state index in [1.807, 2.05) is 0 Å². The van der Waals surface area contributed by atoms with E-state index in [1.165, 1.54) is 13.5 Å². The van der Waals surface area contributed by atoms with Gasteiger partial charge in [0.25, 0.3) is 0 Å².